The van der Waals surface area contributed by atoms with Crippen molar-refractivity contribution in [1.29, 1.82) is 0 Å². The van der Waals surface area contributed by atoms with Gasteiger partial charge in [-0.3, -0.25) is 4.98 Å². The van der Waals surface area contributed by atoms with Gasteiger partial charge in [-0.2, -0.15) is 0 Å². The molecular formula is C24H26N6O2. The molecule has 1 atom stereocenters. The van der Waals surface area contributed by atoms with E-state index >= 15 is 0 Å². The number of benzene rings is 1. The van der Waals surface area contributed by atoms with Crippen molar-refractivity contribution in [1.82, 2.24) is 24.1 Å². The van der Waals surface area contributed by atoms with Crippen LogP contribution in [0.25, 0.3) is 28.0 Å². The molecule has 1 fully saturated rings. The monoisotopic (exact) mass is 430 g/mol. The number of aryl methyl sites for hydroxylation is 2. The van der Waals surface area contributed by atoms with Crippen LogP contribution in [-0.4, -0.2) is 37.4 Å². The lowest BCUT2D eigenvalue weighted by molar-refractivity contribution is 0.0466. The first-order chi connectivity index (χ1) is 15.5. The number of fused-ring (bicyclic) bond motifs is 1. The highest BCUT2D eigenvalue weighted by Gasteiger charge is 2.23. The number of hydrogen-bond donors (Lipinski definition) is 1. The van der Waals surface area contributed by atoms with E-state index in [0.717, 1.165) is 47.5 Å². The van der Waals surface area contributed by atoms with Crippen molar-refractivity contribution in [3.05, 3.63) is 64.3 Å². The van der Waals surface area contributed by atoms with Gasteiger partial charge in [0.25, 0.3) is 0 Å². The lowest BCUT2D eigenvalue weighted by Gasteiger charge is -2.21. The van der Waals surface area contributed by atoms with Gasteiger partial charge in [-0.1, -0.05) is 30.3 Å². The SMILES string of the molecule is Cc1cc(-c2c(-c3ccccc3)nc(N)n3c(=O)n(CC4CCCOC4)nc23)cc(C)n1. The molecule has 1 aliphatic heterocycles. The summed E-state index contributed by atoms with van der Waals surface area (Å²) in [5.41, 5.74) is 11.6. The zero-order chi connectivity index (χ0) is 22.2. The highest BCUT2D eigenvalue weighted by Crippen LogP contribution is 2.34. The van der Waals surface area contributed by atoms with Crippen molar-refractivity contribution in [3.8, 4) is 22.4 Å². The number of pyridine rings is 1. The lowest BCUT2D eigenvalue weighted by Crippen LogP contribution is -2.29. The topological polar surface area (TPSA) is 100 Å². The predicted molar refractivity (Wildman–Crippen MR) is 123 cm³/mol. The fourth-order valence-corrected chi connectivity index (χ4v) is 4.47. The normalized spacial score (nSPS) is 16.5. The molecule has 8 heteroatoms. The zero-order valence-corrected chi connectivity index (χ0v) is 18.3. The molecule has 32 heavy (non-hydrogen) atoms. The molecule has 0 radical (unpaired) electrons. The molecule has 8 nitrogen and oxygen atoms in total. The first kappa shape index (κ1) is 20.4. The third kappa shape index (κ3) is 3.67. The Balaban J connectivity index is 1.77. The Morgan fingerprint density at radius 1 is 1.09 bits per heavy atom. The van der Waals surface area contributed by atoms with Gasteiger partial charge >= 0.3 is 5.69 Å². The summed E-state index contributed by atoms with van der Waals surface area (Å²) in [4.78, 5) is 22.5. The van der Waals surface area contributed by atoms with Crippen LogP contribution < -0.4 is 11.4 Å². The van der Waals surface area contributed by atoms with E-state index in [1.165, 1.54) is 9.08 Å². The van der Waals surface area contributed by atoms with Gasteiger partial charge in [0.2, 0.25) is 5.95 Å². The maximum Gasteiger partial charge on any atom is 0.353 e. The number of nitrogens with two attached hydrogens (primary N) is 1. The van der Waals surface area contributed by atoms with Crippen LogP contribution in [0, 0.1) is 19.8 Å². The number of rotatable bonds is 4. The molecule has 0 saturated carbocycles. The molecule has 1 aromatic carbocycles. The maximum atomic E-state index is 13.3. The second-order valence-corrected chi connectivity index (χ2v) is 8.41. The average molecular weight is 431 g/mol. The third-order valence-electron chi connectivity index (χ3n) is 5.86. The Hall–Kier alpha value is -3.52. The Bertz CT molecular complexity index is 1320. The largest absolute Gasteiger partial charge is 0.381 e. The molecule has 1 aliphatic rings. The standard InChI is InChI=1S/C24H26N6O2/c1-15-11-19(12-16(2)26-15)20-21(18-8-4-3-5-9-18)27-23(25)30-22(20)28-29(24(30)31)13-17-7-6-10-32-14-17/h3-5,8-9,11-12,17H,6-7,10,13-14H2,1-2H3,(H2,25,27). The van der Waals surface area contributed by atoms with Crippen LogP contribution in [0.4, 0.5) is 5.95 Å². The van der Waals surface area contributed by atoms with E-state index in [0.29, 0.717) is 24.5 Å². The van der Waals surface area contributed by atoms with Crippen molar-refractivity contribution < 1.29 is 4.74 Å². The summed E-state index contributed by atoms with van der Waals surface area (Å²) in [7, 11) is 0. The van der Waals surface area contributed by atoms with Crippen molar-refractivity contribution in [2.24, 2.45) is 5.92 Å². The minimum atomic E-state index is -0.279. The van der Waals surface area contributed by atoms with E-state index in [-0.39, 0.29) is 17.6 Å². The van der Waals surface area contributed by atoms with Crippen molar-refractivity contribution in [2.75, 3.05) is 18.9 Å². The van der Waals surface area contributed by atoms with E-state index in [1.54, 1.807) is 0 Å². The molecule has 5 rings (SSSR count). The third-order valence-corrected chi connectivity index (χ3v) is 5.86. The molecule has 164 valence electrons. The number of nitrogen functional groups attached to an aromatic ring is 1. The Morgan fingerprint density at radius 2 is 1.84 bits per heavy atom. The molecule has 1 unspecified atom stereocenters. The van der Waals surface area contributed by atoms with E-state index in [1.807, 2.05) is 56.3 Å². The molecule has 0 amide bonds. The Kier molecular flexibility index (Phi) is 5.22. The molecule has 1 saturated heterocycles. The van der Waals surface area contributed by atoms with E-state index in [4.69, 9.17) is 15.6 Å². The number of nitrogens with zero attached hydrogens (tertiary/aromatic N) is 5. The predicted octanol–water partition coefficient (Wildman–Crippen LogP) is 3.25. The van der Waals surface area contributed by atoms with Gasteiger partial charge in [0.1, 0.15) is 0 Å². The van der Waals surface area contributed by atoms with E-state index < -0.39 is 0 Å². The highest BCUT2D eigenvalue weighted by molar-refractivity contribution is 5.90. The summed E-state index contributed by atoms with van der Waals surface area (Å²) in [5, 5.41) is 4.76. The van der Waals surface area contributed by atoms with Gasteiger partial charge in [-0.15, -0.1) is 5.10 Å². The van der Waals surface area contributed by atoms with Gasteiger partial charge in [-0.05, 0) is 44.4 Å². The van der Waals surface area contributed by atoms with Gasteiger partial charge < -0.3 is 10.5 Å². The van der Waals surface area contributed by atoms with Crippen molar-refractivity contribution >= 4 is 11.6 Å². The fourth-order valence-electron chi connectivity index (χ4n) is 4.47. The quantitative estimate of drug-likeness (QED) is 0.533. The summed E-state index contributed by atoms with van der Waals surface area (Å²) in [6.45, 7) is 5.81. The van der Waals surface area contributed by atoms with Crippen molar-refractivity contribution in [3.63, 3.8) is 0 Å². The minimum absolute atomic E-state index is 0.126. The molecule has 3 aromatic heterocycles. The number of aromatic nitrogens is 5. The van der Waals surface area contributed by atoms with Gasteiger partial charge in [0.15, 0.2) is 5.65 Å². The first-order valence-electron chi connectivity index (χ1n) is 10.9. The van der Waals surface area contributed by atoms with E-state index in [2.05, 4.69) is 9.97 Å². The number of anilines is 1. The number of ether oxygens (including phenoxy) is 1. The molecule has 2 N–H and O–H groups in total. The molecule has 0 spiro atoms. The van der Waals surface area contributed by atoms with Crippen molar-refractivity contribution in [2.45, 2.75) is 33.2 Å². The van der Waals surface area contributed by atoms with Crippen LogP contribution >= 0.6 is 0 Å². The number of hydrogen-bond acceptors (Lipinski definition) is 6. The second-order valence-electron chi connectivity index (χ2n) is 8.41. The van der Waals surface area contributed by atoms with Crippen LogP contribution in [0.5, 0.6) is 0 Å². The van der Waals surface area contributed by atoms with Crippen LogP contribution in [0.15, 0.2) is 47.3 Å². The zero-order valence-electron chi connectivity index (χ0n) is 18.3. The smallest absolute Gasteiger partial charge is 0.353 e. The Morgan fingerprint density at radius 3 is 2.53 bits per heavy atom. The first-order valence-corrected chi connectivity index (χ1v) is 10.9. The van der Waals surface area contributed by atoms with E-state index in [9.17, 15) is 4.79 Å². The highest BCUT2D eigenvalue weighted by atomic mass is 16.5. The molecule has 0 aliphatic carbocycles. The van der Waals surface area contributed by atoms with Crippen LogP contribution in [0.3, 0.4) is 0 Å². The average Bonchev–Trinajstić information content (AvgIpc) is 3.10. The van der Waals surface area contributed by atoms with Crippen LogP contribution in [0.2, 0.25) is 0 Å². The van der Waals surface area contributed by atoms with Gasteiger partial charge in [0.05, 0.1) is 24.4 Å². The summed E-state index contributed by atoms with van der Waals surface area (Å²) >= 11 is 0. The fraction of sp³-hybridized carbons (Fsp3) is 0.333. The summed E-state index contributed by atoms with van der Waals surface area (Å²) in [6, 6.07) is 13.8. The minimum Gasteiger partial charge on any atom is -0.381 e. The maximum absolute atomic E-state index is 13.3. The lowest BCUT2D eigenvalue weighted by atomic mass is 9.99. The summed E-state index contributed by atoms with van der Waals surface area (Å²) < 4.78 is 8.51. The van der Waals surface area contributed by atoms with Gasteiger partial charge in [0, 0.05) is 29.5 Å². The second kappa shape index (κ2) is 8.20. The summed E-state index contributed by atoms with van der Waals surface area (Å²) in [6.07, 6.45) is 2.01. The van der Waals surface area contributed by atoms with Crippen LogP contribution in [-0.2, 0) is 11.3 Å². The van der Waals surface area contributed by atoms with Gasteiger partial charge in [-0.25, -0.2) is 18.9 Å². The Labute approximate surface area is 185 Å². The molecule has 4 heterocycles. The molecular weight excluding hydrogens is 404 g/mol. The molecule has 0 bridgehead atoms. The molecule has 4 aromatic rings. The summed E-state index contributed by atoms with van der Waals surface area (Å²) in [5.74, 6) is 0.379. The van der Waals surface area contributed by atoms with Crippen LogP contribution in [0.1, 0.15) is 24.2 Å².